The highest BCUT2D eigenvalue weighted by atomic mass is 35.5. The topological polar surface area (TPSA) is 67.2 Å². The summed E-state index contributed by atoms with van der Waals surface area (Å²) in [7, 11) is 1.64. The lowest BCUT2D eigenvalue weighted by Gasteiger charge is -2.13. The number of anilines is 1. The van der Waals surface area contributed by atoms with Crippen molar-refractivity contribution in [1.82, 2.24) is 4.98 Å². The van der Waals surface area contributed by atoms with Crippen LogP contribution in [0.4, 0.5) is 5.69 Å². The number of nitriles is 1. The van der Waals surface area contributed by atoms with Gasteiger partial charge >= 0.3 is 0 Å². The van der Waals surface area contributed by atoms with Gasteiger partial charge < -0.3 is 14.8 Å². The molecule has 0 fully saturated rings. The average Bonchev–Trinajstić information content (AvgIpc) is 2.66. The van der Waals surface area contributed by atoms with Crippen LogP contribution in [0.1, 0.15) is 18.1 Å². The number of aromatic nitrogens is 1. The minimum Gasteiger partial charge on any atom is -0.497 e. The van der Waals surface area contributed by atoms with E-state index in [4.69, 9.17) is 9.47 Å². The van der Waals surface area contributed by atoms with E-state index in [1.807, 2.05) is 49.4 Å². The summed E-state index contributed by atoms with van der Waals surface area (Å²) in [6, 6.07) is 15.7. The van der Waals surface area contributed by atoms with E-state index in [1.54, 1.807) is 13.3 Å². The maximum Gasteiger partial charge on any atom is 0.120 e. The highest BCUT2D eigenvalue weighted by molar-refractivity contribution is 5.94. The van der Waals surface area contributed by atoms with Crippen LogP contribution in [0, 0.1) is 11.3 Å². The lowest BCUT2D eigenvalue weighted by molar-refractivity contribution is 0.340. The number of hydrogen-bond acceptors (Lipinski definition) is 5. The fraction of sp³-hybridized carbons (Fsp3) is 0.200. The van der Waals surface area contributed by atoms with Gasteiger partial charge in [-0.15, -0.1) is 12.4 Å². The fourth-order valence-electron chi connectivity index (χ4n) is 2.64. The summed E-state index contributed by atoms with van der Waals surface area (Å²) < 4.78 is 10.8. The monoisotopic (exact) mass is 369 g/mol. The summed E-state index contributed by atoms with van der Waals surface area (Å²) in [6.07, 6.45) is 1.60. The van der Waals surface area contributed by atoms with Crippen molar-refractivity contribution >= 4 is 29.0 Å². The van der Waals surface area contributed by atoms with Gasteiger partial charge in [-0.1, -0.05) is 12.1 Å². The molecule has 0 bridgehead atoms. The molecule has 3 rings (SSSR count). The third-order valence-electron chi connectivity index (χ3n) is 3.90. The minimum absolute atomic E-state index is 0. The minimum atomic E-state index is 0. The first kappa shape index (κ1) is 19.4. The van der Waals surface area contributed by atoms with Crippen LogP contribution in [0.15, 0.2) is 48.7 Å². The molecule has 3 aromatic rings. The predicted molar refractivity (Wildman–Crippen MR) is 105 cm³/mol. The Hall–Kier alpha value is -2.97. The van der Waals surface area contributed by atoms with Gasteiger partial charge in [0.2, 0.25) is 0 Å². The lowest BCUT2D eigenvalue weighted by Crippen LogP contribution is -2.03. The number of benzene rings is 2. The van der Waals surface area contributed by atoms with E-state index < -0.39 is 0 Å². The van der Waals surface area contributed by atoms with E-state index in [1.165, 1.54) is 0 Å². The molecule has 0 aliphatic heterocycles. The largest absolute Gasteiger partial charge is 0.497 e. The Morgan fingerprint density at radius 2 is 1.85 bits per heavy atom. The van der Waals surface area contributed by atoms with Gasteiger partial charge in [-0.05, 0) is 42.8 Å². The molecular formula is C20H20ClN3O2. The van der Waals surface area contributed by atoms with Crippen LogP contribution in [0.5, 0.6) is 11.5 Å². The quantitative estimate of drug-likeness (QED) is 0.690. The summed E-state index contributed by atoms with van der Waals surface area (Å²) >= 11 is 0. The molecule has 0 saturated heterocycles. The summed E-state index contributed by atoms with van der Waals surface area (Å²) in [5, 5.41) is 13.7. The summed E-state index contributed by atoms with van der Waals surface area (Å²) in [6.45, 7) is 3.12. The van der Waals surface area contributed by atoms with Crippen molar-refractivity contribution in [2.75, 3.05) is 19.0 Å². The maximum absolute atomic E-state index is 9.44. The lowest BCUT2D eigenvalue weighted by atomic mass is 10.1. The summed E-state index contributed by atoms with van der Waals surface area (Å²) in [5.74, 6) is 1.58. The average molecular weight is 370 g/mol. The van der Waals surface area contributed by atoms with Gasteiger partial charge in [0.25, 0.3) is 0 Å². The van der Waals surface area contributed by atoms with Crippen molar-refractivity contribution in [1.29, 1.82) is 5.26 Å². The van der Waals surface area contributed by atoms with E-state index in [-0.39, 0.29) is 12.4 Å². The van der Waals surface area contributed by atoms with Crippen LogP contribution in [0.2, 0.25) is 0 Å². The van der Waals surface area contributed by atoms with Crippen molar-refractivity contribution in [2.24, 2.45) is 0 Å². The number of halogens is 1. The number of pyridine rings is 1. The Labute approximate surface area is 159 Å². The second kappa shape index (κ2) is 8.93. The number of rotatable bonds is 6. The standard InChI is InChI=1S/C20H19N3O2.ClH/c1-3-25-17-8-9-19-18(10-17)20(15(11-21)13-22-19)23-12-14-4-6-16(24-2)7-5-14;/h4-10,13H,3,12H2,1-2H3,(H,22,23);1H. The van der Waals surface area contributed by atoms with Gasteiger partial charge in [0.05, 0.1) is 30.5 Å². The molecule has 0 aliphatic carbocycles. The molecule has 0 spiro atoms. The summed E-state index contributed by atoms with van der Waals surface area (Å²) in [5.41, 5.74) is 3.19. The highest BCUT2D eigenvalue weighted by Gasteiger charge is 2.10. The van der Waals surface area contributed by atoms with Crippen molar-refractivity contribution in [3.05, 3.63) is 59.8 Å². The van der Waals surface area contributed by atoms with Gasteiger partial charge in [0.1, 0.15) is 17.6 Å². The van der Waals surface area contributed by atoms with Crippen LogP contribution in [0.3, 0.4) is 0 Å². The number of fused-ring (bicyclic) bond motifs is 1. The predicted octanol–water partition coefficient (Wildman–Crippen LogP) is 4.55. The van der Waals surface area contributed by atoms with Crippen LogP contribution < -0.4 is 14.8 Å². The van der Waals surface area contributed by atoms with Crippen LogP contribution >= 0.6 is 12.4 Å². The van der Waals surface area contributed by atoms with Crippen LogP contribution in [-0.4, -0.2) is 18.7 Å². The van der Waals surface area contributed by atoms with E-state index in [2.05, 4.69) is 16.4 Å². The molecule has 0 amide bonds. The number of methoxy groups -OCH3 is 1. The highest BCUT2D eigenvalue weighted by Crippen LogP contribution is 2.29. The zero-order chi connectivity index (χ0) is 17.6. The van der Waals surface area contributed by atoms with Gasteiger partial charge in [0, 0.05) is 18.1 Å². The molecule has 0 radical (unpaired) electrons. The van der Waals surface area contributed by atoms with Gasteiger partial charge in [-0.2, -0.15) is 5.26 Å². The summed E-state index contributed by atoms with van der Waals surface area (Å²) in [4.78, 5) is 4.36. The van der Waals surface area contributed by atoms with E-state index in [0.717, 1.165) is 33.7 Å². The van der Waals surface area contributed by atoms with E-state index in [9.17, 15) is 5.26 Å². The number of ether oxygens (including phenoxy) is 2. The number of nitrogens with one attached hydrogen (secondary N) is 1. The van der Waals surface area contributed by atoms with Crippen LogP contribution in [0.25, 0.3) is 10.9 Å². The fourth-order valence-corrected chi connectivity index (χ4v) is 2.64. The van der Waals surface area contributed by atoms with Gasteiger partial charge in [-0.25, -0.2) is 0 Å². The molecule has 2 aromatic carbocycles. The number of hydrogen-bond donors (Lipinski definition) is 1. The van der Waals surface area contributed by atoms with Gasteiger partial charge in [0.15, 0.2) is 0 Å². The molecular weight excluding hydrogens is 350 g/mol. The molecule has 6 heteroatoms. The SMILES string of the molecule is CCOc1ccc2ncc(C#N)c(NCc3ccc(OC)cc3)c2c1.Cl. The van der Waals surface area contributed by atoms with Gasteiger partial charge in [-0.3, -0.25) is 4.98 Å². The first-order valence-electron chi connectivity index (χ1n) is 8.07. The second-order valence-corrected chi connectivity index (χ2v) is 5.47. The Bertz CT molecular complexity index is 921. The Balaban J connectivity index is 0.00000243. The molecule has 1 aromatic heterocycles. The third-order valence-corrected chi connectivity index (χ3v) is 3.90. The molecule has 1 N–H and O–H groups in total. The Morgan fingerprint density at radius 3 is 2.50 bits per heavy atom. The molecule has 134 valence electrons. The third kappa shape index (κ3) is 4.16. The zero-order valence-electron chi connectivity index (χ0n) is 14.7. The van der Waals surface area contributed by atoms with Crippen molar-refractivity contribution < 1.29 is 9.47 Å². The molecule has 0 aliphatic rings. The normalized spacial score (nSPS) is 9.88. The van der Waals surface area contributed by atoms with Crippen LogP contribution in [-0.2, 0) is 6.54 Å². The first-order chi connectivity index (χ1) is 12.2. The molecule has 0 unspecified atom stereocenters. The first-order valence-corrected chi connectivity index (χ1v) is 8.07. The van der Waals surface area contributed by atoms with E-state index >= 15 is 0 Å². The van der Waals surface area contributed by atoms with Crippen molar-refractivity contribution in [3.8, 4) is 17.6 Å². The van der Waals surface area contributed by atoms with Crippen molar-refractivity contribution in [3.63, 3.8) is 0 Å². The molecule has 5 nitrogen and oxygen atoms in total. The number of nitrogens with zero attached hydrogens (tertiary/aromatic N) is 2. The maximum atomic E-state index is 9.44. The zero-order valence-corrected chi connectivity index (χ0v) is 15.5. The molecule has 26 heavy (non-hydrogen) atoms. The Morgan fingerprint density at radius 1 is 1.12 bits per heavy atom. The molecule has 0 saturated carbocycles. The van der Waals surface area contributed by atoms with E-state index in [0.29, 0.717) is 18.7 Å². The second-order valence-electron chi connectivity index (χ2n) is 5.47. The molecule has 0 atom stereocenters. The van der Waals surface area contributed by atoms with Crippen molar-refractivity contribution in [2.45, 2.75) is 13.5 Å². The Kier molecular flexibility index (Phi) is 6.65. The smallest absolute Gasteiger partial charge is 0.120 e. The molecule has 1 heterocycles.